The average Bonchev–Trinajstić information content (AvgIpc) is 3.41. The lowest BCUT2D eigenvalue weighted by molar-refractivity contribution is -0.121. The fraction of sp³-hybridized carbons (Fsp3) is 0.350. The highest BCUT2D eigenvalue weighted by atomic mass is 35.5. The molecule has 0 spiro atoms. The largest absolute Gasteiger partial charge is 0.342 e. The van der Waals surface area contributed by atoms with Crippen molar-refractivity contribution in [1.29, 1.82) is 0 Å². The van der Waals surface area contributed by atoms with Crippen molar-refractivity contribution >= 4 is 18.3 Å². The Labute approximate surface area is 150 Å². The van der Waals surface area contributed by atoms with Crippen LogP contribution in [0, 0.1) is 5.92 Å². The molecular formula is C20H25ClN2O. The van der Waals surface area contributed by atoms with E-state index in [1.54, 1.807) is 0 Å². The number of halogens is 1. The minimum absolute atomic E-state index is 0. The number of carbonyl (C=O) groups is 1. The number of hydrogen-bond donors (Lipinski definition) is 2. The van der Waals surface area contributed by atoms with Gasteiger partial charge in [0.2, 0.25) is 5.91 Å². The summed E-state index contributed by atoms with van der Waals surface area (Å²) in [6, 6.07) is 20.3. The van der Waals surface area contributed by atoms with Crippen LogP contribution in [0.15, 0.2) is 60.7 Å². The first-order valence-electron chi connectivity index (χ1n) is 8.31. The van der Waals surface area contributed by atoms with Crippen LogP contribution in [-0.4, -0.2) is 19.0 Å². The second-order valence-electron chi connectivity index (χ2n) is 6.48. The van der Waals surface area contributed by atoms with E-state index in [1.807, 2.05) is 36.4 Å². The zero-order valence-electron chi connectivity index (χ0n) is 14.0. The van der Waals surface area contributed by atoms with Gasteiger partial charge >= 0.3 is 0 Å². The van der Waals surface area contributed by atoms with Crippen LogP contribution >= 0.6 is 12.4 Å². The van der Waals surface area contributed by atoms with Gasteiger partial charge in [0.15, 0.2) is 0 Å². The summed E-state index contributed by atoms with van der Waals surface area (Å²) in [5.74, 6) is 0.804. The summed E-state index contributed by atoms with van der Waals surface area (Å²) in [6.07, 6.45) is 2.58. The first-order chi connectivity index (χ1) is 11.2. The fourth-order valence-corrected chi connectivity index (χ4v) is 2.89. The van der Waals surface area contributed by atoms with E-state index in [9.17, 15) is 4.79 Å². The summed E-state index contributed by atoms with van der Waals surface area (Å²) in [5, 5.41) is 6.48. The quantitative estimate of drug-likeness (QED) is 0.807. The highest BCUT2D eigenvalue weighted by Gasteiger charge is 2.30. The molecule has 0 bridgehead atoms. The molecule has 128 valence electrons. The Bertz CT molecular complexity index is 602. The van der Waals surface area contributed by atoms with Crippen molar-refractivity contribution in [2.24, 2.45) is 5.92 Å². The maximum Gasteiger partial charge on any atom is 0.234 e. The predicted octanol–water partition coefficient (Wildman–Crippen LogP) is 3.49. The number of rotatable bonds is 7. The predicted molar refractivity (Wildman–Crippen MR) is 100 cm³/mol. The van der Waals surface area contributed by atoms with E-state index in [2.05, 4.69) is 41.8 Å². The summed E-state index contributed by atoms with van der Waals surface area (Å²) in [6.45, 7) is 3.38. The van der Waals surface area contributed by atoms with Crippen LogP contribution in [0.4, 0.5) is 0 Å². The van der Waals surface area contributed by atoms with Crippen molar-refractivity contribution in [3.8, 4) is 0 Å². The van der Waals surface area contributed by atoms with E-state index in [0.717, 1.165) is 23.6 Å². The fourth-order valence-electron chi connectivity index (χ4n) is 2.89. The summed E-state index contributed by atoms with van der Waals surface area (Å²) in [4.78, 5) is 12.4. The van der Waals surface area contributed by atoms with Crippen molar-refractivity contribution in [3.05, 3.63) is 71.8 Å². The van der Waals surface area contributed by atoms with Crippen molar-refractivity contribution in [3.63, 3.8) is 0 Å². The first kappa shape index (κ1) is 18.5. The lowest BCUT2D eigenvalue weighted by Gasteiger charge is -2.32. The van der Waals surface area contributed by atoms with E-state index in [0.29, 0.717) is 6.54 Å². The standard InChI is InChI=1S/C20H24N2O.ClH/c1-20(17-8-4-2-5-9-17,18-10-6-3-7-11-18)22-19(23)15-21-14-16-12-13-16;/h2-11,16,21H,12-15H2,1H3,(H,22,23);1H. The van der Waals surface area contributed by atoms with Gasteiger partial charge in [-0.2, -0.15) is 0 Å². The summed E-state index contributed by atoms with van der Waals surface area (Å²) < 4.78 is 0. The Morgan fingerprint density at radius 2 is 1.50 bits per heavy atom. The molecule has 2 aromatic carbocycles. The molecule has 0 aliphatic heterocycles. The van der Waals surface area contributed by atoms with Crippen LogP contribution in [0.5, 0.6) is 0 Å². The van der Waals surface area contributed by atoms with E-state index in [4.69, 9.17) is 0 Å². The SMILES string of the molecule is CC(NC(=O)CNCC1CC1)(c1ccccc1)c1ccccc1.Cl. The van der Waals surface area contributed by atoms with Crippen molar-refractivity contribution in [2.75, 3.05) is 13.1 Å². The topological polar surface area (TPSA) is 41.1 Å². The first-order valence-corrected chi connectivity index (χ1v) is 8.31. The lowest BCUT2D eigenvalue weighted by Crippen LogP contribution is -2.47. The highest BCUT2D eigenvalue weighted by Crippen LogP contribution is 2.29. The van der Waals surface area contributed by atoms with Gasteiger partial charge in [-0.15, -0.1) is 12.4 Å². The lowest BCUT2D eigenvalue weighted by atomic mass is 9.84. The Kier molecular flexibility index (Phi) is 6.41. The van der Waals surface area contributed by atoms with Crippen LogP contribution in [0.25, 0.3) is 0 Å². The second kappa shape index (κ2) is 8.32. The van der Waals surface area contributed by atoms with Crippen LogP contribution in [-0.2, 0) is 10.3 Å². The number of amides is 1. The second-order valence-corrected chi connectivity index (χ2v) is 6.48. The van der Waals surface area contributed by atoms with Crippen molar-refractivity contribution in [2.45, 2.75) is 25.3 Å². The van der Waals surface area contributed by atoms with Gasteiger partial charge < -0.3 is 10.6 Å². The normalized spacial score (nSPS) is 13.9. The van der Waals surface area contributed by atoms with Gasteiger partial charge in [0.1, 0.15) is 0 Å². The zero-order valence-corrected chi connectivity index (χ0v) is 14.8. The monoisotopic (exact) mass is 344 g/mol. The van der Waals surface area contributed by atoms with Crippen LogP contribution in [0.1, 0.15) is 30.9 Å². The summed E-state index contributed by atoms with van der Waals surface area (Å²) >= 11 is 0. The third kappa shape index (κ3) is 4.59. The summed E-state index contributed by atoms with van der Waals surface area (Å²) in [5.41, 5.74) is 1.64. The molecule has 0 unspecified atom stereocenters. The molecule has 1 aliphatic carbocycles. The number of carbonyl (C=O) groups excluding carboxylic acids is 1. The van der Waals surface area contributed by atoms with Crippen LogP contribution in [0.3, 0.4) is 0 Å². The van der Waals surface area contributed by atoms with Gasteiger partial charge in [-0.05, 0) is 43.4 Å². The Morgan fingerprint density at radius 1 is 1.00 bits per heavy atom. The Balaban J connectivity index is 0.00000208. The van der Waals surface area contributed by atoms with E-state index in [1.165, 1.54) is 12.8 Å². The van der Waals surface area contributed by atoms with Gasteiger partial charge in [0, 0.05) is 0 Å². The Morgan fingerprint density at radius 3 is 1.96 bits per heavy atom. The van der Waals surface area contributed by atoms with Gasteiger partial charge in [-0.3, -0.25) is 4.79 Å². The van der Waals surface area contributed by atoms with Crippen molar-refractivity contribution in [1.82, 2.24) is 10.6 Å². The minimum Gasteiger partial charge on any atom is -0.342 e. The van der Waals surface area contributed by atoms with E-state index in [-0.39, 0.29) is 18.3 Å². The molecule has 0 radical (unpaired) electrons. The molecule has 1 saturated carbocycles. The molecule has 0 saturated heterocycles. The molecule has 1 fully saturated rings. The molecule has 0 atom stereocenters. The third-order valence-corrected chi connectivity index (χ3v) is 4.51. The third-order valence-electron chi connectivity index (χ3n) is 4.51. The number of nitrogens with one attached hydrogen (secondary N) is 2. The molecule has 3 rings (SSSR count). The zero-order chi connectivity index (χ0) is 16.1. The highest BCUT2D eigenvalue weighted by molar-refractivity contribution is 5.85. The molecule has 0 aromatic heterocycles. The van der Waals surface area contributed by atoms with Gasteiger partial charge in [0.25, 0.3) is 0 Å². The van der Waals surface area contributed by atoms with Gasteiger partial charge in [0.05, 0.1) is 12.1 Å². The molecule has 1 aliphatic rings. The smallest absolute Gasteiger partial charge is 0.234 e. The molecule has 4 heteroatoms. The molecular weight excluding hydrogens is 320 g/mol. The van der Waals surface area contributed by atoms with Crippen LogP contribution in [0.2, 0.25) is 0 Å². The van der Waals surface area contributed by atoms with E-state index < -0.39 is 5.54 Å². The maximum atomic E-state index is 12.4. The average molecular weight is 345 g/mol. The van der Waals surface area contributed by atoms with Crippen LogP contribution < -0.4 is 10.6 Å². The van der Waals surface area contributed by atoms with Gasteiger partial charge in [-0.1, -0.05) is 60.7 Å². The molecule has 24 heavy (non-hydrogen) atoms. The number of hydrogen-bond acceptors (Lipinski definition) is 2. The van der Waals surface area contributed by atoms with Crippen molar-refractivity contribution < 1.29 is 4.79 Å². The maximum absolute atomic E-state index is 12.4. The van der Waals surface area contributed by atoms with Gasteiger partial charge in [-0.25, -0.2) is 0 Å². The minimum atomic E-state index is -0.527. The molecule has 2 N–H and O–H groups in total. The molecule has 0 heterocycles. The molecule has 3 nitrogen and oxygen atoms in total. The molecule has 2 aromatic rings. The van der Waals surface area contributed by atoms with E-state index >= 15 is 0 Å². The molecule has 1 amide bonds. The summed E-state index contributed by atoms with van der Waals surface area (Å²) in [7, 11) is 0. The number of benzene rings is 2. The Hall–Kier alpha value is -1.84.